The van der Waals surface area contributed by atoms with Gasteiger partial charge in [-0.25, -0.2) is 9.37 Å². The third-order valence-corrected chi connectivity index (χ3v) is 6.37. The van der Waals surface area contributed by atoms with E-state index in [-0.39, 0.29) is 23.7 Å². The highest BCUT2D eigenvalue weighted by atomic mass is 35.5. The van der Waals surface area contributed by atoms with E-state index in [1.165, 1.54) is 12.1 Å². The summed E-state index contributed by atoms with van der Waals surface area (Å²) >= 11 is 6.03. The van der Waals surface area contributed by atoms with Gasteiger partial charge in [0, 0.05) is 29.4 Å². The van der Waals surface area contributed by atoms with Crippen LogP contribution in [0.15, 0.2) is 48.9 Å². The molecule has 2 aromatic carbocycles. The number of carbonyl (C=O) groups excluding carboxylic acids is 1. The molecule has 0 radical (unpaired) electrons. The second-order valence-corrected chi connectivity index (χ2v) is 8.93. The molecule has 0 N–H and O–H groups in total. The molecule has 4 rings (SSSR count). The Morgan fingerprint density at radius 3 is 2.71 bits per heavy atom. The molecule has 162 valence electrons. The molecule has 6 heteroatoms. The summed E-state index contributed by atoms with van der Waals surface area (Å²) in [5.41, 5.74) is 5.11. The summed E-state index contributed by atoms with van der Waals surface area (Å²) in [6.07, 6.45) is 6.34. The number of aryl methyl sites for hydroxylation is 2. The van der Waals surface area contributed by atoms with Crippen LogP contribution in [0.2, 0.25) is 5.02 Å². The van der Waals surface area contributed by atoms with Crippen LogP contribution in [0.5, 0.6) is 0 Å². The van der Waals surface area contributed by atoms with Crippen molar-refractivity contribution < 1.29 is 9.18 Å². The second-order valence-electron chi connectivity index (χ2n) is 8.50. The van der Waals surface area contributed by atoms with Gasteiger partial charge < -0.3 is 9.47 Å². The first-order valence-electron chi connectivity index (χ1n) is 10.7. The number of aromatic nitrogens is 2. The van der Waals surface area contributed by atoms with Crippen LogP contribution in [0.25, 0.3) is 5.69 Å². The Morgan fingerprint density at radius 2 is 2.03 bits per heavy atom. The highest BCUT2D eigenvalue weighted by Gasteiger charge is 2.32. The monoisotopic (exact) mass is 439 g/mol. The smallest absolute Gasteiger partial charge is 0.226 e. The molecule has 1 aromatic heterocycles. The van der Waals surface area contributed by atoms with E-state index in [4.69, 9.17) is 11.6 Å². The molecule has 0 aliphatic carbocycles. The van der Waals surface area contributed by atoms with Crippen LogP contribution in [0.4, 0.5) is 4.39 Å². The number of piperidine rings is 1. The fourth-order valence-corrected chi connectivity index (χ4v) is 4.75. The molecular weight excluding hydrogens is 413 g/mol. The molecule has 4 nitrogen and oxygen atoms in total. The van der Waals surface area contributed by atoms with Crippen LogP contribution in [0.3, 0.4) is 0 Å². The summed E-state index contributed by atoms with van der Waals surface area (Å²) < 4.78 is 15.8. The first-order chi connectivity index (χ1) is 14.8. The Hall–Kier alpha value is -2.66. The predicted octanol–water partition coefficient (Wildman–Crippen LogP) is 5.82. The molecule has 2 atom stereocenters. The summed E-state index contributed by atoms with van der Waals surface area (Å²) in [6.45, 7) is 6.68. The zero-order valence-corrected chi connectivity index (χ0v) is 18.9. The molecule has 1 amide bonds. The van der Waals surface area contributed by atoms with E-state index in [1.54, 1.807) is 6.07 Å². The first kappa shape index (κ1) is 21.6. The van der Waals surface area contributed by atoms with Gasteiger partial charge in [-0.3, -0.25) is 4.79 Å². The van der Waals surface area contributed by atoms with E-state index in [0.29, 0.717) is 18.0 Å². The number of halogens is 2. The van der Waals surface area contributed by atoms with Crippen molar-refractivity contribution >= 4 is 17.5 Å². The van der Waals surface area contributed by atoms with Crippen molar-refractivity contribution in [3.05, 3.63) is 82.1 Å². The van der Waals surface area contributed by atoms with E-state index < -0.39 is 0 Å². The van der Waals surface area contributed by atoms with Crippen LogP contribution >= 0.6 is 11.6 Å². The lowest BCUT2D eigenvalue weighted by Crippen LogP contribution is -2.43. The third kappa shape index (κ3) is 4.67. The van der Waals surface area contributed by atoms with Crippen molar-refractivity contribution in [3.8, 4) is 5.69 Å². The molecule has 0 bridgehead atoms. The van der Waals surface area contributed by atoms with Crippen LogP contribution in [0.1, 0.15) is 48.2 Å². The summed E-state index contributed by atoms with van der Waals surface area (Å²) in [4.78, 5) is 19.4. The molecule has 1 aliphatic heterocycles. The predicted molar refractivity (Wildman–Crippen MR) is 121 cm³/mol. The number of rotatable bonds is 5. The Kier molecular flexibility index (Phi) is 6.15. The number of hydrogen-bond donors (Lipinski definition) is 0. The largest absolute Gasteiger partial charge is 0.336 e. The zero-order valence-electron chi connectivity index (χ0n) is 18.1. The molecule has 0 saturated carbocycles. The van der Waals surface area contributed by atoms with Gasteiger partial charge in [0.25, 0.3) is 0 Å². The molecule has 3 aromatic rings. The third-order valence-electron chi connectivity index (χ3n) is 6.15. The highest BCUT2D eigenvalue weighted by molar-refractivity contribution is 6.30. The van der Waals surface area contributed by atoms with Gasteiger partial charge in [0.05, 0.1) is 18.1 Å². The van der Waals surface area contributed by atoms with Crippen molar-refractivity contribution in [3.63, 3.8) is 0 Å². The lowest BCUT2D eigenvalue weighted by molar-refractivity contribution is -0.140. The quantitative estimate of drug-likeness (QED) is 0.502. The first-order valence-corrected chi connectivity index (χ1v) is 11.1. The topological polar surface area (TPSA) is 38.1 Å². The molecule has 0 spiro atoms. The van der Waals surface area contributed by atoms with E-state index in [2.05, 4.69) is 30.1 Å². The number of amides is 1. The number of hydrogen-bond acceptors (Lipinski definition) is 2. The minimum Gasteiger partial charge on any atom is -0.336 e. The van der Waals surface area contributed by atoms with Crippen molar-refractivity contribution in [2.24, 2.45) is 5.92 Å². The number of imidazole rings is 1. The molecule has 1 aliphatic rings. The number of benzene rings is 2. The minimum atomic E-state index is -0.376. The number of likely N-dealkylation sites (tertiary alicyclic amines) is 1. The van der Waals surface area contributed by atoms with E-state index in [0.717, 1.165) is 40.9 Å². The van der Waals surface area contributed by atoms with Crippen LogP contribution in [-0.2, 0) is 11.2 Å². The SMILES string of the molecule is Cc1cn(-c2ccc(CC3CCCN(C(C)c4cc(F)cc(Cl)c4)C3=O)cc2C)cn1. The van der Waals surface area contributed by atoms with Gasteiger partial charge in [0.1, 0.15) is 5.82 Å². The van der Waals surface area contributed by atoms with Crippen LogP contribution < -0.4 is 0 Å². The van der Waals surface area contributed by atoms with E-state index >= 15 is 0 Å². The standard InChI is InChI=1S/C25H27ClFN3O/c1-16-9-19(6-7-24(16)29-14-17(2)28-15-29)10-20-5-4-8-30(25(20)31)18(3)21-11-22(26)13-23(27)12-21/h6-7,9,11-15,18,20H,4-5,8,10H2,1-3H3. The lowest BCUT2D eigenvalue weighted by atomic mass is 9.88. The Labute approximate surface area is 187 Å². The molecule has 1 saturated heterocycles. The van der Waals surface area contributed by atoms with Crippen LogP contribution in [-0.4, -0.2) is 26.9 Å². The maximum Gasteiger partial charge on any atom is 0.226 e. The van der Waals surface area contributed by atoms with Crippen molar-refractivity contribution in [1.29, 1.82) is 0 Å². The zero-order chi connectivity index (χ0) is 22.1. The Bertz CT molecular complexity index is 1090. The average Bonchev–Trinajstić information content (AvgIpc) is 3.14. The van der Waals surface area contributed by atoms with Crippen molar-refractivity contribution in [2.45, 2.75) is 46.1 Å². The average molecular weight is 440 g/mol. The van der Waals surface area contributed by atoms with Gasteiger partial charge in [0.15, 0.2) is 0 Å². The normalized spacial score (nSPS) is 17.8. The number of nitrogens with zero attached hydrogens (tertiary/aromatic N) is 3. The molecule has 2 unspecified atom stereocenters. The maximum absolute atomic E-state index is 13.8. The summed E-state index contributed by atoms with van der Waals surface area (Å²) in [5, 5.41) is 0.353. The molecular formula is C25H27ClFN3O. The number of carbonyl (C=O) groups is 1. The van der Waals surface area contributed by atoms with Gasteiger partial charge in [-0.1, -0.05) is 23.7 Å². The van der Waals surface area contributed by atoms with Gasteiger partial charge in [0.2, 0.25) is 5.91 Å². The van der Waals surface area contributed by atoms with E-state index in [9.17, 15) is 9.18 Å². The Balaban J connectivity index is 1.50. The van der Waals surface area contributed by atoms with Crippen molar-refractivity contribution in [2.75, 3.05) is 6.54 Å². The maximum atomic E-state index is 13.8. The molecule has 2 heterocycles. The Morgan fingerprint density at radius 1 is 1.23 bits per heavy atom. The van der Waals surface area contributed by atoms with Gasteiger partial charge in [-0.15, -0.1) is 0 Å². The fraction of sp³-hybridized carbons (Fsp3) is 0.360. The van der Waals surface area contributed by atoms with E-state index in [1.807, 2.05) is 35.8 Å². The minimum absolute atomic E-state index is 0.0685. The highest BCUT2D eigenvalue weighted by Crippen LogP contribution is 2.31. The second kappa shape index (κ2) is 8.83. The van der Waals surface area contributed by atoms with Crippen LogP contribution in [0, 0.1) is 25.6 Å². The summed E-state index contributed by atoms with van der Waals surface area (Å²) in [6, 6.07) is 10.6. The van der Waals surface area contributed by atoms with Gasteiger partial charge in [-0.05, 0) is 81.0 Å². The molecule has 31 heavy (non-hydrogen) atoms. The summed E-state index contributed by atoms with van der Waals surface area (Å²) in [5.74, 6) is -0.314. The van der Waals surface area contributed by atoms with Gasteiger partial charge in [-0.2, -0.15) is 0 Å². The fourth-order valence-electron chi connectivity index (χ4n) is 4.52. The summed E-state index contributed by atoms with van der Waals surface area (Å²) in [7, 11) is 0. The lowest BCUT2D eigenvalue weighted by Gasteiger charge is -2.37. The van der Waals surface area contributed by atoms with Crippen molar-refractivity contribution in [1.82, 2.24) is 14.5 Å². The molecule has 1 fully saturated rings. The van der Waals surface area contributed by atoms with Gasteiger partial charge >= 0.3 is 0 Å².